The minimum Gasteiger partial charge on any atom is -0.497 e. The van der Waals surface area contributed by atoms with Crippen LogP contribution in [0.5, 0.6) is 11.5 Å². The van der Waals surface area contributed by atoms with Crippen LogP contribution < -0.4 is 20.1 Å². The van der Waals surface area contributed by atoms with E-state index in [1.807, 2.05) is 49.5 Å². The number of rotatable bonds is 35. The Kier molecular flexibility index (Phi) is 27.9. The third-order valence-electron chi connectivity index (χ3n) is 14.3. The number of amides is 1. The van der Waals surface area contributed by atoms with E-state index in [0.717, 1.165) is 144 Å². The normalized spacial score (nSPS) is 14.3. The van der Waals surface area contributed by atoms with Crippen molar-refractivity contribution in [2.75, 3.05) is 85.7 Å². The lowest BCUT2D eigenvalue weighted by Crippen LogP contribution is -2.42. The predicted octanol–water partition coefficient (Wildman–Crippen LogP) is 12.0. The molecule has 3 heterocycles. The van der Waals surface area contributed by atoms with Crippen molar-refractivity contribution in [3.63, 3.8) is 0 Å². The van der Waals surface area contributed by atoms with Crippen LogP contribution in [0.4, 0.5) is 5.82 Å². The van der Waals surface area contributed by atoms with Crippen molar-refractivity contribution in [2.24, 2.45) is 0 Å². The smallest absolute Gasteiger partial charge is 0.222 e. The van der Waals surface area contributed by atoms with E-state index in [-0.39, 0.29) is 11.9 Å². The molecule has 0 spiro atoms. The number of fused-ring (bicyclic) bond motifs is 1. The lowest BCUT2D eigenvalue weighted by Gasteiger charge is -2.38. The molecule has 0 bridgehead atoms. The Labute approximate surface area is 434 Å². The number of nitrogens with one attached hydrogen (secondary N) is 2. The van der Waals surface area contributed by atoms with Gasteiger partial charge in [0.05, 0.1) is 33.5 Å². The van der Waals surface area contributed by atoms with Crippen molar-refractivity contribution in [3.05, 3.63) is 119 Å². The van der Waals surface area contributed by atoms with E-state index < -0.39 is 5.60 Å². The first kappa shape index (κ1) is 58.1. The molecule has 11 heteroatoms. The molecule has 72 heavy (non-hydrogen) atoms. The molecule has 4 aromatic rings. The Morgan fingerprint density at radius 2 is 1.42 bits per heavy atom. The van der Waals surface area contributed by atoms with Gasteiger partial charge in [-0.1, -0.05) is 113 Å². The highest BCUT2D eigenvalue weighted by atomic mass is 16.5. The molecule has 1 aromatic heterocycles. The number of unbranched alkanes of at least 4 members (excludes halogenated alkanes) is 11. The van der Waals surface area contributed by atoms with E-state index in [4.69, 9.17) is 23.9 Å². The van der Waals surface area contributed by atoms with Gasteiger partial charge >= 0.3 is 0 Å². The third kappa shape index (κ3) is 19.6. The van der Waals surface area contributed by atoms with Gasteiger partial charge in [0.25, 0.3) is 0 Å². The standard InChI is InChI=1S/C33H42N2O4.C28H49N3O2/c1-34-23-9-5-8-14-32(36)35-24-10-13-29(35)25-39-33(26-11-6-4-7-12-26,27-15-19-30(37-2)20-16-27)28-17-21-31(38-3)22-18-28;1-2-3-20-31(22-25-33-24-13-9-7-5-4-6-8-12-23-32)21-11-10-16-27-18-17-26-15-14-19-29-28(26)30-27/h4,6-7,11-12,15-22,29,34H,5,8-10,13-14,23-25H2,1-3H3;17-18,23H,2-16,19-22,24-25H2,1H3,(H,29,30). The van der Waals surface area contributed by atoms with Gasteiger partial charge in [-0.3, -0.25) is 4.79 Å². The Morgan fingerprint density at radius 1 is 0.750 bits per heavy atom. The Balaban J connectivity index is 0.000000272. The summed E-state index contributed by atoms with van der Waals surface area (Å²) in [5.74, 6) is 2.94. The molecule has 6 rings (SSSR count). The van der Waals surface area contributed by atoms with Gasteiger partial charge in [-0.05, 0) is 156 Å². The predicted molar refractivity (Wildman–Crippen MR) is 295 cm³/mol. The average molecular weight is 990 g/mol. The highest BCUT2D eigenvalue weighted by molar-refractivity contribution is 5.76. The molecular formula is C61H91N5O6. The van der Waals surface area contributed by atoms with Crippen molar-refractivity contribution >= 4 is 18.0 Å². The summed E-state index contributed by atoms with van der Waals surface area (Å²) in [5, 5.41) is 6.62. The number of benzene rings is 3. The fourth-order valence-corrected chi connectivity index (χ4v) is 10.0. The number of nitrogens with zero attached hydrogens (tertiary/aromatic N) is 3. The van der Waals surface area contributed by atoms with Crippen molar-refractivity contribution in [3.8, 4) is 11.5 Å². The van der Waals surface area contributed by atoms with Crippen LogP contribution in [0.15, 0.2) is 91.0 Å². The molecule has 11 nitrogen and oxygen atoms in total. The molecule has 1 atom stereocenters. The monoisotopic (exact) mass is 990 g/mol. The van der Waals surface area contributed by atoms with Gasteiger partial charge in [-0.2, -0.15) is 0 Å². The number of pyridine rings is 1. The Hall–Kier alpha value is -4.81. The largest absolute Gasteiger partial charge is 0.497 e. The van der Waals surface area contributed by atoms with Crippen LogP contribution in [0.25, 0.3) is 0 Å². The highest BCUT2D eigenvalue weighted by Gasteiger charge is 2.40. The summed E-state index contributed by atoms with van der Waals surface area (Å²) < 4.78 is 23.9. The van der Waals surface area contributed by atoms with Gasteiger partial charge in [0.15, 0.2) is 0 Å². The number of aromatic nitrogens is 1. The van der Waals surface area contributed by atoms with Gasteiger partial charge in [0.2, 0.25) is 5.91 Å². The Bertz CT molecular complexity index is 2000. The van der Waals surface area contributed by atoms with Gasteiger partial charge < -0.3 is 44.2 Å². The number of carbonyl (C=O) groups excluding carboxylic acids is 2. The minimum absolute atomic E-state index is 0.0504. The maximum Gasteiger partial charge on any atom is 0.222 e. The molecule has 0 saturated carbocycles. The summed E-state index contributed by atoms with van der Waals surface area (Å²) in [6.45, 7) is 10.7. The topological polar surface area (TPSA) is 114 Å². The first-order valence-corrected chi connectivity index (χ1v) is 27.8. The number of aryl methyl sites for hydroxylation is 2. The van der Waals surface area contributed by atoms with Crippen molar-refractivity contribution < 1.29 is 28.5 Å². The zero-order valence-corrected chi connectivity index (χ0v) is 44.8. The van der Waals surface area contributed by atoms with Gasteiger partial charge in [0, 0.05) is 44.8 Å². The maximum atomic E-state index is 13.2. The van der Waals surface area contributed by atoms with Crippen LogP contribution in [0, 0.1) is 0 Å². The number of methoxy groups -OCH3 is 2. The average Bonchev–Trinajstić information content (AvgIpc) is 3.91. The Morgan fingerprint density at radius 3 is 2.10 bits per heavy atom. The maximum absolute atomic E-state index is 13.2. The van der Waals surface area contributed by atoms with Crippen LogP contribution in [0.1, 0.15) is 157 Å². The number of hydrogen-bond acceptors (Lipinski definition) is 10. The van der Waals surface area contributed by atoms with Crippen molar-refractivity contribution in [1.82, 2.24) is 20.1 Å². The summed E-state index contributed by atoms with van der Waals surface area (Å²) in [5.41, 5.74) is 4.76. The van der Waals surface area contributed by atoms with Gasteiger partial charge in [-0.25, -0.2) is 4.98 Å². The molecule has 2 aliphatic heterocycles. The van der Waals surface area contributed by atoms with Crippen LogP contribution in [0.2, 0.25) is 0 Å². The van der Waals surface area contributed by atoms with E-state index in [9.17, 15) is 9.59 Å². The number of anilines is 1. The van der Waals surface area contributed by atoms with Crippen LogP contribution in [-0.2, 0) is 37.5 Å². The summed E-state index contributed by atoms with van der Waals surface area (Å²) in [4.78, 5) is 33.0. The van der Waals surface area contributed by atoms with Crippen LogP contribution in [0.3, 0.4) is 0 Å². The first-order valence-electron chi connectivity index (χ1n) is 27.8. The molecule has 1 amide bonds. The van der Waals surface area contributed by atoms with E-state index >= 15 is 0 Å². The van der Waals surface area contributed by atoms with Gasteiger partial charge in [-0.15, -0.1) is 0 Å². The molecule has 0 radical (unpaired) electrons. The van der Waals surface area contributed by atoms with Crippen molar-refractivity contribution in [1.29, 1.82) is 0 Å². The van der Waals surface area contributed by atoms with E-state index in [1.165, 1.54) is 88.4 Å². The lowest BCUT2D eigenvalue weighted by atomic mass is 9.80. The molecule has 0 aliphatic carbocycles. The van der Waals surface area contributed by atoms with E-state index in [2.05, 4.69) is 75.9 Å². The zero-order valence-electron chi connectivity index (χ0n) is 44.8. The number of ether oxygens (including phenoxy) is 4. The van der Waals surface area contributed by atoms with Crippen LogP contribution in [-0.4, -0.2) is 113 Å². The number of likely N-dealkylation sites (tertiary alicyclic amines) is 1. The molecule has 2 aliphatic rings. The molecule has 1 unspecified atom stereocenters. The second-order valence-corrected chi connectivity index (χ2v) is 19.6. The van der Waals surface area contributed by atoms with Gasteiger partial charge in [0.1, 0.15) is 29.2 Å². The SMILES string of the molecule is CCCCN(CCCCc1ccc2c(n1)NCCC2)CCOCCCCCCCCCC=O.CNCCCCCC(=O)N1CCCC1COC(c1ccccc1)(c1ccc(OC)cc1)c1ccc(OC)cc1. The molecular weight excluding hydrogens is 899 g/mol. The summed E-state index contributed by atoms with van der Waals surface area (Å²) in [6.07, 6.45) is 24.3. The minimum atomic E-state index is -0.871. The number of aldehydes is 1. The fraction of sp³-hybridized carbons (Fsp3) is 0.590. The van der Waals surface area contributed by atoms with Crippen molar-refractivity contribution in [2.45, 2.75) is 153 Å². The quantitative estimate of drug-likeness (QED) is 0.0262. The number of carbonyl (C=O) groups is 2. The highest BCUT2D eigenvalue weighted by Crippen LogP contribution is 2.42. The first-order chi connectivity index (χ1) is 35.4. The van der Waals surface area contributed by atoms with E-state index in [0.29, 0.717) is 13.0 Å². The second-order valence-electron chi connectivity index (χ2n) is 19.6. The summed E-state index contributed by atoms with van der Waals surface area (Å²) >= 11 is 0. The third-order valence-corrected chi connectivity index (χ3v) is 14.3. The molecule has 1 fully saturated rings. The molecule has 1 saturated heterocycles. The van der Waals surface area contributed by atoms with Crippen LogP contribution >= 0.6 is 0 Å². The molecule has 2 N–H and O–H groups in total. The summed E-state index contributed by atoms with van der Waals surface area (Å²) in [6, 6.07) is 31.0. The van der Waals surface area contributed by atoms with E-state index in [1.54, 1.807) is 14.2 Å². The molecule has 3 aromatic carbocycles. The molecule has 396 valence electrons. The summed E-state index contributed by atoms with van der Waals surface area (Å²) in [7, 11) is 5.31. The second kappa shape index (κ2) is 34.6. The fourth-order valence-electron chi connectivity index (χ4n) is 10.0. The number of hydrogen-bond donors (Lipinski definition) is 2. The lowest BCUT2D eigenvalue weighted by molar-refractivity contribution is -0.134. The zero-order chi connectivity index (χ0) is 50.9.